The summed E-state index contributed by atoms with van der Waals surface area (Å²) in [6.45, 7) is 6.31. The lowest BCUT2D eigenvalue weighted by Gasteiger charge is -2.31. The summed E-state index contributed by atoms with van der Waals surface area (Å²) in [7, 11) is 1.70. The van der Waals surface area contributed by atoms with E-state index in [4.69, 9.17) is 4.74 Å². The van der Waals surface area contributed by atoms with E-state index in [9.17, 15) is 5.11 Å². The van der Waals surface area contributed by atoms with Gasteiger partial charge in [0.2, 0.25) is 0 Å². The van der Waals surface area contributed by atoms with Gasteiger partial charge in [0, 0.05) is 29.4 Å². The van der Waals surface area contributed by atoms with Crippen molar-refractivity contribution in [1.82, 2.24) is 4.98 Å². The van der Waals surface area contributed by atoms with Gasteiger partial charge >= 0.3 is 0 Å². The average molecular weight is 291 g/mol. The number of aliphatic hydroxyl groups excluding tert-OH is 1. The van der Waals surface area contributed by atoms with Gasteiger partial charge in [-0.2, -0.15) is 0 Å². The van der Waals surface area contributed by atoms with Crippen LogP contribution in [0.3, 0.4) is 0 Å². The predicted molar refractivity (Wildman–Crippen MR) is 85.7 cm³/mol. The Morgan fingerprint density at radius 1 is 1.29 bits per heavy atom. The first kappa shape index (κ1) is 16.3. The fraction of sp³-hybridized carbons (Fsp3) is 0.722. The summed E-state index contributed by atoms with van der Waals surface area (Å²) in [5.74, 6) is 2.20. The highest BCUT2D eigenvalue weighted by atomic mass is 16.5. The van der Waals surface area contributed by atoms with E-state index < -0.39 is 0 Å². The van der Waals surface area contributed by atoms with Crippen LogP contribution >= 0.6 is 0 Å². The summed E-state index contributed by atoms with van der Waals surface area (Å²) in [6.07, 6.45) is 8.33. The fourth-order valence-electron chi connectivity index (χ4n) is 3.62. The van der Waals surface area contributed by atoms with Crippen LogP contribution in [0.15, 0.2) is 6.20 Å². The van der Waals surface area contributed by atoms with E-state index in [0.29, 0.717) is 12.3 Å². The quantitative estimate of drug-likeness (QED) is 0.896. The fourth-order valence-corrected chi connectivity index (χ4v) is 3.62. The molecule has 1 atom stereocenters. The maximum Gasteiger partial charge on any atom is 0.128 e. The Kier molecular flexibility index (Phi) is 5.63. The second-order valence-electron chi connectivity index (χ2n) is 6.51. The number of ether oxygens (including phenoxy) is 1. The number of methoxy groups -OCH3 is 1. The van der Waals surface area contributed by atoms with Gasteiger partial charge in [-0.05, 0) is 38.5 Å². The highest BCUT2D eigenvalue weighted by molar-refractivity contribution is 5.41. The Morgan fingerprint density at radius 2 is 1.95 bits per heavy atom. The van der Waals surface area contributed by atoms with Crippen molar-refractivity contribution in [3.8, 4) is 5.75 Å². The van der Waals surface area contributed by atoms with Crippen molar-refractivity contribution in [2.75, 3.05) is 7.11 Å². The minimum Gasteiger partial charge on any atom is -0.496 e. The summed E-state index contributed by atoms with van der Waals surface area (Å²) in [6, 6.07) is 0. The van der Waals surface area contributed by atoms with Gasteiger partial charge in [0.1, 0.15) is 5.75 Å². The second-order valence-corrected chi connectivity index (χ2v) is 6.51. The molecule has 0 radical (unpaired) electrons. The van der Waals surface area contributed by atoms with Crippen molar-refractivity contribution < 1.29 is 9.84 Å². The van der Waals surface area contributed by atoms with Crippen molar-refractivity contribution in [1.29, 1.82) is 0 Å². The molecule has 1 unspecified atom stereocenters. The average Bonchev–Trinajstić information content (AvgIpc) is 2.50. The minimum atomic E-state index is -0.276. The standard InChI is InChI=1S/C18H29NO2/c1-5-14-6-8-15(9-7-14)17(20)10-16-13(3)18(21-4)12(2)11-19-16/h11,14-15,17,20H,5-10H2,1-4H3. The van der Waals surface area contributed by atoms with Crippen LogP contribution in [0.25, 0.3) is 0 Å². The molecule has 3 heteroatoms. The number of aromatic nitrogens is 1. The molecule has 1 aromatic heterocycles. The first-order chi connectivity index (χ1) is 10.1. The summed E-state index contributed by atoms with van der Waals surface area (Å²) >= 11 is 0. The normalized spacial score (nSPS) is 23.9. The minimum absolute atomic E-state index is 0.276. The van der Waals surface area contributed by atoms with Gasteiger partial charge in [-0.25, -0.2) is 0 Å². The van der Waals surface area contributed by atoms with Crippen molar-refractivity contribution in [2.24, 2.45) is 11.8 Å². The van der Waals surface area contributed by atoms with Gasteiger partial charge in [0.05, 0.1) is 13.2 Å². The molecule has 0 bridgehead atoms. The Morgan fingerprint density at radius 3 is 2.52 bits per heavy atom. The molecule has 2 rings (SSSR count). The third kappa shape index (κ3) is 3.76. The molecular weight excluding hydrogens is 262 g/mol. The number of hydrogen-bond acceptors (Lipinski definition) is 3. The van der Waals surface area contributed by atoms with E-state index in [2.05, 4.69) is 11.9 Å². The third-order valence-corrected chi connectivity index (χ3v) is 5.17. The topological polar surface area (TPSA) is 42.4 Å². The van der Waals surface area contributed by atoms with E-state index in [0.717, 1.165) is 41.3 Å². The molecule has 0 aliphatic heterocycles. The first-order valence-corrected chi connectivity index (χ1v) is 8.23. The van der Waals surface area contributed by atoms with Crippen molar-refractivity contribution in [3.05, 3.63) is 23.0 Å². The van der Waals surface area contributed by atoms with Crippen LogP contribution in [0.4, 0.5) is 0 Å². The molecule has 21 heavy (non-hydrogen) atoms. The predicted octanol–water partition coefficient (Wildman–Crippen LogP) is 3.83. The van der Waals surface area contributed by atoms with Crippen LogP contribution in [-0.4, -0.2) is 23.3 Å². The zero-order chi connectivity index (χ0) is 15.4. The van der Waals surface area contributed by atoms with Crippen molar-refractivity contribution in [3.63, 3.8) is 0 Å². The van der Waals surface area contributed by atoms with Gasteiger partial charge in [0.15, 0.2) is 0 Å². The lowest BCUT2D eigenvalue weighted by Crippen LogP contribution is -2.28. The zero-order valence-corrected chi connectivity index (χ0v) is 13.9. The molecule has 1 aliphatic rings. The molecule has 0 spiro atoms. The number of pyridine rings is 1. The van der Waals surface area contributed by atoms with Crippen LogP contribution in [0.1, 0.15) is 55.8 Å². The van der Waals surface area contributed by atoms with E-state index in [1.807, 2.05) is 20.0 Å². The summed E-state index contributed by atoms with van der Waals surface area (Å²) in [4.78, 5) is 4.51. The van der Waals surface area contributed by atoms with Gasteiger partial charge in [-0.3, -0.25) is 4.98 Å². The molecular formula is C18H29NO2. The molecule has 1 N–H and O–H groups in total. The number of aliphatic hydroxyl groups is 1. The van der Waals surface area contributed by atoms with E-state index >= 15 is 0 Å². The first-order valence-electron chi connectivity index (χ1n) is 8.23. The molecule has 1 aromatic rings. The Bertz CT molecular complexity index is 465. The number of nitrogens with zero attached hydrogens (tertiary/aromatic N) is 1. The highest BCUT2D eigenvalue weighted by Gasteiger charge is 2.26. The zero-order valence-electron chi connectivity index (χ0n) is 13.9. The molecule has 1 saturated carbocycles. The molecule has 1 aliphatic carbocycles. The van der Waals surface area contributed by atoms with Crippen LogP contribution in [0, 0.1) is 25.7 Å². The molecule has 1 fully saturated rings. The monoisotopic (exact) mass is 291 g/mol. The van der Waals surface area contributed by atoms with E-state index in [1.54, 1.807) is 7.11 Å². The van der Waals surface area contributed by atoms with Crippen LogP contribution in [-0.2, 0) is 6.42 Å². The number of rotatable bonds is 5. The van der Waals surface area contributed by atoms with Crippen molar-refractivity contribution >= 4 is 0 Å². The molecule has 118 valence electrons. The molecule has 0 amide bonds. The second kappa shape index (κ2) is 7.26. The van der Waals surface area contributed by atoms with Gasteiger partial charge < -0.3 is 9.84 Å². The third-order valence-electron chi connectivity index (χ3n) is 5.17. The Labute approximate surface area is 128 Å². The van der Waals surface area contributed by atoms with Gasteiger partial charge in [0.25, 0.3) is 0 Å². The van der Waals surface area contributed by atoms with E-state index in [1.165, 1.54) is 19.3 Å². The molecule has 1 heterocycles. The van der Waals surface area contributed by atoms with E-state index in [-0.39, 0.29) is 6.10 Å². The SMILES string of the molecule is CCC1CCC(C(O)Cc2ncc(C)c(OC)c2C)CC1. The number of aryl methyl sites for hydroxylation is 1. The van der Waals surface area contributed by atoms with Gasteiger partial charge in [-0.1, -0.05) is 26.2 Å². The maximum atomic E-state index is 10.6. The molecule has 3 nitrogen and oxygen atoms in total. The summed E-state index contributed by atoms with van der Waals surface area (Å²) in [5, 5.41) is 10.6. The lowest BCUT2D eigenvalue weighted by molar-refractivity contribution is 0.0726. The number of hydrogen-bond donors (Lipinski definition) is 1. The van der Waals surface area contributed by atoms with Crippen LogP contribution in [0.2, 0.25) is 0 Å². The smallest absolute Gasteiger partial charge is 0.128 e. The van der Waals surface area contributed by atoms with Crippen molar-refractivity contribution in [2.45, 2.75) is 65.4 Å². The van der Waals surface area contributed by atoms with Gasteiger partial charge in [-0.15, -0.1) is 0 Å². The molecule has 0 saturated heterocycles. The van der Waals surface area contributed by atoms with Crippen LogP contribution in [0.5, 0.6) is 5.75 Å². The molecule has 0 aromatic carbocycles. The Hall–Kier alpha value is -1.09. The van der Waals surface area contributed by atoms with Crippen LogP contribution < -0.4 is 4.74 Å². The summed E-state index contributed by atoms with van der Waals surface area (Å²) in [5.41, 5.74) is 3.10. The Balaban J connectivity index is 2.02. The lowest BCUT2D eigenvalue weighted by atomic mass is 9.77. The largest absolute Gasteiger partial charge is 0.496 e. The highest BCUT2D eigenvalue weighted by Crippen LogP contribution is 2.34. The summed E-state index contributed by atoms with van der Waals surface area (Å²) < 4.78 is 5.45. The maximum absolute atomic E-state index is 10.6.